The number of anilines is 1. The molecule has 2 aromatic rings. The van der Waals surface area contributed by atoms with Gasteiger partial charge in [0.1, 0.15) is 23.6 Å². The van der Waals surface area contributed by atoms with Crippen LogP contribution in [0.1, 0.15) is 137 Å². The summed E-state index contributed by atoms with van der Waals surface area (Å²) >= 11 is 1.50. The maximum Gasteiger partial charge on any atom is 0.311 e. The van der Waals surface area contributed by atoms with Crippen molar-refractivity contribution in [2.45, 2.75) is 205 Å². The highest BCUT2D eigenvalue weighted by Crippen LogP contribution is 2.45. The molecule has 17 atom stereocenters. The van der Waals surface area contributed by atoms with Gasteiger partial charge in [-0.05, 0) is 125 Å². The molecule has 1 aliphatic carbocycles. The molecule has 4 fully saturated rings. The van der Waals surface area contributed by atoms with Crippen LogP contribution in [0.5, 0.6) is 11.5 Å². The first-order valence-electron chi connectivity index (χ1n) is 28.5. The first-order valence-corrected chi connectivity index (χ1v) is 29.7. The Hall–Kier alpha value is -3.92. The molecule has 1 saturated carbocycles. The minimum Gasteiger partial charge on any atom is -0.493 e. The van der Waals surface area contributed by atoms with Gasteiger partial charge in [0, 0.05) is 105 Å². The van der Waals surface area contributed by atoms with Crippen molar-refractivity contribution in [2.24, 2.45) is 29.6 Å². The molecule has 1 N–H and O–H groups in total. The predicted molar refractivity (Wildman–Crippen MR) is 301 cm³/mol. The Kier molecular flexibility index (Phi) is 23.1. The number of Topliss-reactive ketones (excluding diaryl/α,β-unsaturated/α-hetero) is 1. The van der Waals surface area contributed by atoms with Gasteiger partial charge in [-0.3, -0.25) is 24.2 Å². The number of nitrogens with zero attached hydrogens (tertiary/aromatic N) is 3. The monoisotopic (exact) mass is 1130 g/mol. The van der Waals surface area contributed by atoms with Gasteiger partial charge in [0.05, 0.1) is 54.7 Å². The number of cyclic esters (lactones) is 1. The SMILES string of the molecule is CC[C@H]1OC(=O)[C@H](C)[C@@H](O[C@H]2C[C@@](C)(OC)[C@@H](O)[C@H](C)O2)[C@H](C)[C@@H](OC2C[C@@H](N(C)C)C[C@@H](C)O2)[C@](C)(OC)C[C@@H](C)C(=O)[C@H](C)[C@@H](CSCCN(C(=O)c2ccncc2)c2ccc(OC)c(OC3CCCC3)c2)[C@]1(C)OC=O. The molecule has 4 aliphatic rings. The van der Waals surface area contributed by atoms with E-state index in [-0.39, 0.29) is 61.5 Å². The molecule has 4 heterocycles. The lowest BCUT2D eigenvalue weighted by molar-refractivity contribution is -0.309. The highest BCUT2D eigenvalue weighted by molar-refractivity contribution is 7.99. The standard InChI is InChI=1S/C60H93N3O15S/c1-16-49-60(10,72-35-64)46(34-79-28-27-63(56(67)42-23-25-61-26-24-42)43-21-22-47(69-13)48(30-43)75-45-19-17-18-20-45)38(4)52(65)36(2)32-59(9,71-15)55(78-50-31-44(62(11)12)29-37(3)73-50)39(5)53(40(6)57(68)76-49)77-51-33-58(8,70-14)54(66)41(7)74-51/h21-26,30,35-41,44-46,49-51,53-55,66H,16-20,27-29,31-34H2,1-15H3/t36-,37-,38-,39+,40-,41+,44+,46-,49-,50?,51+,53+,54+,55-,58-,59-,60+/m1/s1. The van der Waals surface area contributed by atoms with E-state index in [1.807, 2.05) is 73.8 Å². The van der Waals surface area contributed by atoms with Crippen molar-refractivity contribution in [3.63, 3.8) is 0 Å². The van der Waals surface area contributed by atoms with Gasteiger partial charge >= 0.3 is 5.97 Å². The molecule has 0 spiro atoms. The number of aliphatic hydroxyl groups is 1. The van der Waals surface area contributed by atoms with Crippen molar-refractivity contribution in [3.05, 3.63) is 48.3 Å². The number of hydrogen-bond acceptors (Lipinski definition) is 18. The third-order valence-corrected chi connectivity index (χ3v) is 18.8. The van der Waals surface area contributed by atoms with Gasteiger partial charge < -0.3 is 62.3 Å². The fourth-order valence-electron chi connectivity index (χ4n) is 12.7. The van der Waals surface area contributed by atoms with Crippen molar-refractivity contribution in [3.8, 4) is 11.5 Å². The zero-order chi connectivity index (χ0) is 58.0. The van der Waals surface area contributed by atoms with Gasteiger partial charge in [-0.15, -0.1) is 0 Å². The summed E-state index contributed by atoms with van der Waals surface area (Å²) in [6.45, 7) is 19.1. The molecule has 3 saturated heterocycles. The van der Waals surface area contributed by atoms with Crippen LogP contribution in [0.4, 0.5) is 5.69 Å². The molecule has 6 rings (SSSR count). The molecule has 3 aliphatic heterocycles. The smallest absolute Gasteiger partial charge is 0.311 e. The summed E-state index contributed by atoms with van der Waals surface area (Å²) in [5.41, 5.74) is -2.69. The second kappa shape index (κ2) is 28.4. The second-order valence-electron chi connectivity index (χ2n) is 23.5. The molecule has 0 bridgehead atoms. The maximum atomic E-state index is 15.4. The summed E-state index contributed by atoms with van der Waals surface area (Å²) < 4.78 is 64.4. The highest BCUT2D eigenvalue weighted by Gasteiger charge is 2.55. The van der Waals surface area contributed by atoms with E-state index >= 15 is 9.59 Å². The van der Waals surface area contributed by atoms with Crippen LogP contribution in [0.25, 0.3) is 0 Å². The Bertz CT molecular complexity index is 2290. The van der Waals surface area contributed by atoms with E-state index in [9.17, 15) is 14.7 Å². The first kappa shape index (κ1) is 64.3. The van der Waals surface area contributed by atoms with Gasteiger partial charge in [0.25, 0.3) is 12.4 Å². The summed E-state index contributed by atoms with van der Waals surface area (Å²) in [7, 11) is 8.80. The molecule has 1 aromatic carbocycles. The minimum atomic E-state index is -1.53. The molecular weight excluding hydrogens is 1030 g/mol. The number of carbonyl (C=O) groups is 4. The zero-order valence-electron chi connectivity index (χ0n) is 49.7. The van der Waals surface area contributed by atoms with Crippen LogP contribution < -0.4 is 14.4 Å². The Morgan fingerprint density at radius 3 is 2.18 bits per heavy atom. The summed E-state index contributed by atoms with van der Waals surface area (Å²) in [5.74, 6) is -2.93. The molecule has 79 heavy (non-hydrogen) atoms. The molecule has 19 heteroatoms. The molecule has 0 radical (unpaired) electrons. The minimum absolute atomic E-state index is 0.0463. The van der Waals surface area contributed by atoms with Crippen molar-refractivity contribution in [1.29, 1.82) is 0 Å². The second-order valence-corrected chi connectivity index (χ2v) is 24.6. The number of carbonyl (C=O) groups excluding carboxylic acids is 4. The Balaban J connectivity index is 1.38. The topological polar surface area (TPSA) is 200 Å². The van der Waals surface area contributed by atoms with Gasteiger partial charge in [0.2, 0.25) is 0 Å². The van der Waals surface area contributed by atoms with Crippen molar-refractivity contribution in [1.82, 2.24) is 9.88 Å². The molecule has 444 valence electrons. The number of ketones is 1. The van der Waals surface area contributed by atoms with Crippen LogP contribution in [0.3, 0.4) is 0 Å². The molecule has 1 aromatic heterocycles. The Labute approximate surface area is 474 Å². The number of aliphatic hydroxyl groups excluding tert-OH is 1. The lowest BCUT2D eigenvalue weighted by Gasteiger charge is -2.49. The number of pyridine rings is 1. The lowest BCUT2D eigenvalue weighted by Crippen LogP contribution is -2.60. The van der Waals surface area contributed by atoms with Crippen molar-refractivity contribution < 1.29 is 71.7 Å². The highest BCUT2D eigenvalue weighted by atomic mass is 32.2. The van der Waals surface area contributed by atoms with Crippen LogP contribution >= 0.6 is 11.8 Å². The van der Waals surface area contributed by atoms with E-state index in [4.69, 9.17) is 47.4 Å². The number of hydrogen-bond donors (Lipinski definition) is 1. The van der Waals surface area contributed by atoms with E-state index < -0.39 is 95.5 Å². The third kappa shape index (κ3) is 15.2. The third-order valence-electron chi connectivity index (χ3n) is 17.7. The number of methoxy groups -OCH3 is 3. The number of rotatable bonds is 20. The van der Waals surface area contributed by atoms with Crippen molar-refractivity contribution in [2.75, 3.05) is 58.4 Å². The summed E-state index contributed by atoms with van der Waals surface area (Å²) in [4.78, 5) is 65.9. The quantitative estimate of drug-likeness (QED) is 0.0749. The number of thioether (sulfide) groups is 1. The summed E-state index contributed by atoms with van der Waals surface area (Å²) in [6.07, 6.45) is 2.93. The lowest BCUT2D eigenvalue weighted by atomic mass is 9.70. The predicted octanol–water partition coefficient (Wildman–Crippen LogP) is 8.71. The van der Waals surface area contributed by atoms with Gasteiger partial charge in [-0.2, -0.15) is 11.8 Å². The maximum absolute atomic E-state index is 15.4. The van der Waals surface area contributed by atoms with Crippen LogP contribution in [0.2, 0.25) is 0 Å². The van der Waals surface area contributed by atoms with E-state index in [0.717, 1.165) is 32.1 Å². The fourth-order valence-corrected chi connectivity index (χ4v) is 14.0. The Morgan fingerprint density at radius 2 is 1.56 bits per heavy atom. The number of esters is 1. The van der Waals surface area contributed by atoms with E-state index in [2.05, 4.69) is 9.88 Å². The van der Waals surface area contributed by atoms with Crippen LogP contribution in [0, 0.1) is 29.6 Å². The Morgan fingerprint density at radius 1 is 0.873 bits per heavy atom. The summed E-state index contributed by atoms with van der Waals surface area (Å²) in [6, 6.07) is 9.01. The number of benzene rings is 1. The van der Waals surface area contributed by atoms with E-state index in [1.165, 1.54) is 18.9 Å². The van der Waals surface area contributed by atoms with E-state index in [0.29, 0.717) is 41.4 Å². The molecule has 1 amide bonds. The average Bonchev–Trinajstić information content (AvgIpc) is 3.97. The van der Waals surface area contributed by atoms with Crippen LogP contribution in [0.15, 0.2) is 42.7 Å². The van der Waals surface area contributed by atoms with Gasteiger partial charge in [-0.25, -0.2) is 0 Å². The van der Waals surface area contributed by atoms with Crippen LogP contribution in [-0.2, 0) is 52.3 Å². The number of ether oxygens (including phenoxy) is 10. The normalized spacial score (nSPS) is 36.3. The molecular formula is C60H93N3O15S. The first-order chi connectivity index (χ1) is 37.5. The van der Waals surface area contributed by atoms with Crippen molar-refractivity contribution >= 4 is 41.6 Å². The average molecular weight is 1130 g/mol. The summed E-state index contributed by atoms with van der Waals surface area (Å²) in [5, 5.41) is 11.2. The molecule has 1 unspecified atom stereocenters. The number of amides is 1. The van der Waals surface area contributed by atoms with Gasteiger partial charge in [-0.1, -0.05) is 27.7 Å². The molecule has 18 nitrogen and oxygen atoms in total. The zero-order valence-corrected chi connectivity index (χ0v) is 50.5. The van der Waals surface area contributed by atoms with Crippen LogP contribution in [-0.4, -0.2) is 171 Å². The van der Waals surface area contributed by atoms with E-state index in [1.54, 1.807) is 71.3 Å². The number of aromatic nitrogens is 1. The van der Waals surface area contributed by atoms with Gasteiger partial charge in [0.15, 0.2) is 24.1 Å². The largest absolute Gasteiger partial charge is 0.493 e. The fraction of sp³-hybridized carbons (Fsp3) is 0.750.